The van der Waals surface area contributed by atoms with Gasteiger partial charge in [0.2, 0.25) is 0 Å². The van der Waals surface area contributed by atoms with Crippen LogP contribution in [0.2, 0.25) is 0 Å². The van der Waals surface area contributed by atoms with Gasteiger partial charge < -0.3 is 15.6 Å². The molecule has 3 nitrogen and oxygen atoms in total. The summed E-state index contributed by atoms with van der Waals surface area (Å²) in [6.45, 7) is 1.55. The topological polar surface area (TPSA) is 55.5 Å². The van der Waals surface area contributed by atoms with Gasteiger partial charge in [-0.3, -0.25) is 0 Å². The summed E-state index contributed by atoms with van der Waals surface area (Å²) in [5, 5.41) is 9.66. The molecule has 7 heteroatoms. The van der Waals surface area contributed by atoms with E-state index in [2.05, 4.69) is 20.7 Å². The van der Waals surface area contributed by atoms with E-state index in [9.17, 15) is 18.3 Å². The summed E-state index contributed by atoms with van der Waals surface area (Å²) in [6.07, 6.45) is -5.82. The van der Waals surface area contributed by atoms with Crippen LogP contribution in [0.5, 0.6) is 5.75 Å². The van der Waals surface area contributed by atoms with E-state index in [1.165, 1.54) is 6.07 Å². The predicted molar refractivity (Wildman–Crippen MR) is 59.4 cm³/mol. The molecule has 0 fully saturated rings. The van der Waals surface area contributed by atoms with Gasteiger partial charge in [-0.05, 0) is 30.7 Å². The molecule has 2 atom stereocenters. The summed E-state index contributed by atoms with van der Waals surface area (Å²) in [5.74, 6) is -0.401. The molecule has 96 valence electrons. The third kappa shape index (κ3) is 4.53. The van der Waals surface area contributed by atoms with E-state index >= 15 is 0 Å². The Morgan fingerprint density at radius 2 is 1.94 bits per heavy atom. The average molecular weight is 314 g/mol. The van der Waals surface area contributed by atoms with Crippen LogP contribution in [0.1, 0.15) is 18.6 Å². The number of aliphatic hydroxyl groups is 1. The number of hydrogen-bond acceptors (Lipinski definition) is 3. The Morgan fingerprint density at radius 1 is 1.35 bits per heavy atom. The van der Waals surface area contributed by atoms with Crippen molar-refractivity contribution in [3.63, 3.8) is 0 Å². The van der Waals surface area contributed by atoms with E-state index in [1.807, 2.05) is 0 Å². The Morgan fingerprint density at radius 3 is 2.41 bits per heavy atom. The van der Waals surface area contributed by atoms with Gasteiger partial charge in [0.05, 0.1) is 6.10 Å². The summed E-state index contributed by atoms with van der Waals surface area (Å²) < 4.78 is 40.3. The van der Waals surface area contributed by atoms with Crippen molar-refractivity contribution in [1.29, 1.82) is 0 Å². The fourth-order valence-electron chi connectivity index (χ4n) is 1.25. The molecule has 0 heterocycles. The lowest BCUT2D eigenvalue weighted by Crippen LogP contribution is -2.24. The molecule has 0 amide bonds. The van der Waals surface area contributed by atoms with E-state index in [0.29, 0.717) is 4.47 Å². The second kappa shape index (κ2) is 5.24. The van der Waals surface area contributed by atoms with Gasteiger partial charge in [-0.2, -0.15) is 0 Å². The van der Waals surface area contributed by atoms with Crippen molar-refractivity contribution in [3.8, 4) is 5.75 Å². The summed E-state index contributed by atoms with van der Waals surface area (Å²) in [5.41, 5.74) is 5.72. The van der Waals surface area contributed by atoms with Crippen molar-refractivity contribution in [3.05, 3.63) is 28.2 Å². The van der Waals surface area contributed by atoms with E-state index in [-0.39, 0.29) is 5.56 Å². The zero-order valence-electron chi connectivity index (χ0n) is 8.83. The molecule has 1 rings (SSSR count). The minimum absolute atomic E-state index is 0.258. The number of rotatable bonds is 3. The maximum absolute atomic E-state index is 12.0. The van der Waals surface area contributed by atoms with Crippen LogP contribution < -0.4 is 10.5 Å². The average Bonchev–Trinajstić information content (AvgIpc) is 2.12. The monoisotopic (exact) mass is 313 g/mol. The highest BCUT2D eigenvalue weighted by Gasteiger charge is 2.31. The van der Waals surface area contributed by atoms with Gasteiger partial charge in [0.15, 0.2) is 0 Å². The van der Waals surface area contributed by atoms with Gasteiger partial charge in [0, 0.05) is 10.5 Å². The summed E-state index contributed by atoms with van der Waals surface area (Å²) in [4.78, 5) is 0. The van der Waals surface area contributed by atoms with Crippen molar-refractivity contribution >= 4 is 15.9 Å². The molecule has 0 aliphatic rings. The Kier molecular flexibility index (Phi) is 4.40. The second-order valence-corrected chi connectivity index (χ2v) is 4.49. The molecule has 0 saturated heterocycles. The Labute approximate surface area is 105 Å². The SMILES string of the molecule is C[C@H](N)[C@H](O)c1cc(Br)cc(OC(F)(F)F)c1. The quantitative estimate of drug-likeness (QED) is 0.902. The van der Waals surface area contributed by atoms with Gasteiger partial charge in [-0.1, -0.05) is 15.9 Å². The number of nitrogens with two attached hydrogens (primary N) is 1. The first-order chi connectivity index (χ1) is 7.69. The van der Waals surface area contributed by atoms with Crippen molar-refractivity contribution in [2.45, 2.75) is 25.4 Å². The van der Waals surface area contributed by atoms with Gasteiger partial charge >= 0.3 is 6.36 Å². The molecular formula is C10H11BrF3NO2. The molecule has 1 aromatic carbocycles. The smallest absolute Gasteiger partial charge is 0.406 e. The molecule has 0 bridgehead atoms. The van der Waals surface area contributed by atoms with Crippen molar-refractivity contribution in [1.82, 2.24) is 0 Å². The van der Waals surface area contributed by atoms with Gasteiger partial charge in [-0.15, -0.1) is 13.2 Å². The molecule has 3 N–H and O–H groups in total. The largest absolute Gasteiger partial charge is 0.573 e. The van der Waals surface area contributed by atoms with E-state index in [4.69, 9.17) is 5.73 Å². The van der Waals surface area contributed by atoms with Crippen LogP contribution in [0, 0.1) is 0 Å². The zero-order chi connectivity index (χ0) is 13.2. The van der Waals surface area contributed by atoms with Gasteiger partial charge in [-0.25, -0.2) is 0 Å². The number of halogens is 4. The summed E-state index contributed by atoms with van der Waals surface area (Å²) >= 11 is 3.04. The lowest BCUT2D eigenvalue weighted by atomic mass is 10.0. The predicted octanol–water partition coefficient (Wildman–Crippen LogP) is 2.73. The number of benzene rings is 1. The highest BCUT2D eigenvalue weighted by atomic mass is 79.9. The first-order valence-electron chi connectivity index (χ1n) is 4.69. The lowest BCUT2D eigenvalue weighted by molar-refractivity contribution is -0.274. The van der Waals surface area contributed by atoms with Crippen LogP contribution in [0.4, 0.5) is 13.2 Å². The van der Waals surface area contributed by atoms with Gasteiger partial charge in [0.1, 0.15) is 5.75 Å². The molecule has 0 saturated carbocycles. The van der Waals surface area contributed by atoms with Crippen LogP contribution >= 0.6 is 15.9 Å². The van der Waals surface area contributed by atoms with Crippen LogP contribution in [-0.4, -0.2) is 17.5 Å². The fourth-order valence-corrected chi connectivity index (χ4v) is 1.74. The van der Waals surface area contributed by atoms with E-state index in [1.54, 1.807) is 6.92 Å². The molecular weight excluding hydrogens is 303 g/mol. The van der Waals surface area contributed by atoms with Crippen molar-refractivity contribution < 1.29 is 23.0 Å². The third-order valence-electron chi connectivity index (χ3n) is 1.97. The molecule has 0 aromatic heterocycles. The molecule has 0 unspecified atom stereocenters. The zero-order valence-corrected chi connectivity index (χ0v) is 10.4. The molecule has 1 aromatic rings. The first kappa shape index (κ1) is 14.3. The fraction of sp³-hybridized carbons (Fsp3) is 0.400. The van der Waals surface area contributed by atoms with Crippen LogP contribution in [0.25, 0.3) is 0 Å². The van der Waals surface area contributed by atoms with Crippen molar-refractivity contribution in [2.75, 3.05) is 0 Å². The van der Waals surface area contributed by atoms with Crippen LogP contribution in [0.15, 0.2) is 22.7 Å². The molecule has 0 aliphatic heterocycles. The minimum Gasteiger partial charge on any atom is -0.406 e. The second-order valence-electron chi connectivity index (χ2n) is 3.57. The molecule has 17 heavy (non-hydrogen) atoms. The Bertz CT molecular complexity index is 396. The normalized spacial score (nSPS) is 15.5. The maximum Gasteiger partial charge on any atom is 0.573 e. The standard InChI is InChI=1S/C10H11BrF3NO2/c1-5(15)9(16)6-2-7(11)4-8(3-6)17-10(12,13)14/h2-5,9,16H,15H2,1H3/t5-,9-/m0/s1. The Balaban J connectivity index is 3.02. The number of aliphatic hydroxyl groups excluding tert-OH is 1. The van der Waals surface area contributed by atoms with Crippen molar-refractivity contribution in [2.24, 2.45) is 5.73 Å². The molecule has 0 aliphatic carbocycles. The van der Waals surface area contributed by atoms with Gasteiger partial charge in [0.25, 0.3) is 0 Å². The summed E-state index contributed by atoms with van der Waals surface area (Å²) in [7, 11) is 0. The lowest BCUT2D eigenvalue weighted by Gasteiger charge is -2.17. The third-order valence-corrected chi connectivity index (χ3v) is 2.42. The number of hydrogen-bond donors (Lipinski definition) is 2. The number of ether oxygens (including phenoxy) is 1. The first-order valence-corrected chi connectivity index (χ1v) is 5.48. The highest BCUT2D eigenvalue weighted by Crippen LogP contribution is 2.30. The maximum atomic E-state index is 12.0. The molecule has 0 radical (unpaired) electrons. The van der Waals surface area contributed by atoms with Crippen LogP contribution in [-0.2, 0) is 0 Å². The molecule has 0 spiro atoms. The van der Waals surface area contributed by atoms with E-state index in [0.717, 1.165) is 12.1 Å². The highest BCUT2D eigenvalue weighted by molar-refractivity contribution is 9.10. The minimum atomic E-state index is -4.77. The van der Waals surface area contributed by atoms with E-state index < -0.39 is 24.3 Å². The summed E-state index contributed by atoms with van der Waals surface area (Å²) in [6, 6.07) is 3.15. The van der Waals surface area contributed by atoms with Crippen LogP contribution in [0.3, 0.4) is 0 Å². The number of alkyl halides is 3. The Hall–Kier alpha value is -0.790.